The van der Waals surface area contributed by atoms with Gasteiger partial charge in [-0.05, 0) is 24.3 Å². The highest BCUT2D eigenvalue weighted by Crippen LogP contribution is 2.44. The summed E-state index contributed by atoms with van der Waals surface area (Å²) in [7, 11) is 0. The number of nitrogens with two attached hydrogens (primary N) is 1. The normalized spacial score (nSPS) is 25.6. The van der Waals surface area contributed by atoms with Gasteiger partial charge in [0, 0.05) is 31.3 Å². The molecule has 0 spiro atoms. The number of ether oxygens (including phenoxy) is 2. The topological polar surface area (TPSA) is 111 Å². The first-order valence-corrected chi connectivity index (χ1v) is 13.1. The van der Waals surface area contributed by atoms with Crippen LogP contribution in [-0.2, 0) is 30.5 Å². The first-order chi connectivity index (χ1) is 17.0. The van der Waals surface area contributed by atoms with E-state index in [0.29, 0.717) is 58.3 Å². The fraction of sp³-hybridized carbons (Fsp3) is 0.667. The standard InChI is InChI=1S/C27H39N3O5/c28-26(33)27(17-23(27)19-35-18-21-9-5-2-6-10-21)29-25(32)22(15-20-7-3-1-4-8-20)16-24(31)30-11-13-34-14-12-30/h2,5-6,9-10,20,22-23H,1,3-4,7-8,11-19H2,(H2,28,33)(H,29,32)/t22-,23?,27+/m1/s1. The van der Waals surface area contributed by atoms with Crippen molar-refractivity contribution in [1.29, 1.82) is 0 Å². The van der Waals surface area contributed by atoms with Crippen molar-refractivity contribution in [3.63, 3.8) is 0 Å². The number of primary amides is 1. The van der Waals surface area contributed by atoms with Crippen LogP contribution in [0.3, 0.4) is 0 Å². The molecular formula is C27H39N3O5. The maximum absolute atomic E-state index is 13.5. The van der Waals surface area contributed by atoms with Crippen LogP contribution in [0.5, 0.6) is 0 Å². The number of morpholine rings is 1. The molecule has 1 heterocycles. The van der Waals surface area contributed by atoms with Crippen molar-refractivity contribution >= 4 is 17.7 Å². The van der Waals surface area contributed by atoms with Crippen molar-refractivity contribution in [3.8, 4) is 0 Å². The molecule has 1 aliphatic heterocycles. The van der Waals surface area contributed by atoms with Crippen LogP contribution < -0.4 is 11.1 Å². The number of hydrogen-bond donors (Lipinski definition) is 2. The molecule has 8 nitrogen and oxygen atoms in total. The predicted molar refractivity (Wildman–Crippen MR) is 131 cm³/mol. The summed E-state index contributed by atoms with van der Waals surface area (Å²) in [5.74, 6) is -0.965. The second kappa shape index (κ2) is 12.0. The predicted octanol–water partition coefficient (Wildman–Crippen LogP) is 2.40. The van der Waals surface area contributed by atoms with E-state index in [1.165, 1.54) is 19.3 Å². The molecule has 35 heavy (non-hydrogen) atoms. The summed E-state index contributed by atoms with van der Waals surface area (Å²) in [5, 5.41) is 2.97. The van der Waals surface area contributed by atoms with Gasteiger partial charge in [-0.25, -0.2) is 0 Å². The maximum atomic E-state index is 13.5. The number of carbonyl (C=O) groups excluding carboxylic acids is 3. The number of carbonyl (C=O) groups is 3. The molecule has 192 valence electrons. The smallest absolute Gasteiger partial charge is 0.243 e. The van der Waals surface area contributed by atoms with Crippen molar-refractivity contribution < 1.29 is 23.9 Å². The highest BCUT2D eigenvalue weighted by Gasteiger charge is 2.60. The van der Waals surface area contributed by atoms with Gasteiger partial charge in [-0.3, -0.25) is 14.4 Å². The van der Waals surface area contributed by atoms with Gasteiger partial charge >= 0.3 is 0 Å². The van der Waals surface area contributed by atoms with E-state index in [1.807, 2.05) is 30.3 Å². The molecule has 1 aromatic rings. The summed E-state index contributed by atoms with van der Waals surface area (Å²) in [4.78, 5) is 40.7. The van der Waals surface area contributed by atoms with Crippen LogP contribution in [0.2, 0.25) is 0 Å². The third-order valence-electron chi connectivity index (χ3n) is 7.82. The van der Waals surface area contributed by atoms with Crippen molar-refractivity contribution in [2.45, 2.75) is 63.5 Å². The molecule has 2 saturated carbocycles. The molecule has 3 N–H and O–H groups in total. The summed E-state index contributed by atoms with van der Waals surface area (Å²) in [5.41, 5.74) is 5.73. The van der Waals surface area contributed by atoms with Gasteiger partial charge in [-0.15, -0.1) is 0 Å². The molecule has 1 unspecified atom stereocenters. The average molecular weight is 486 g/mol. The van der Waals surface area contributed by atoms with Gasteiger partial charge < -0.3 is 25.4 Å². The van der Waals surface area contributed by atoms with Gasteiger partial charge in [0.2, 0.25) is 17.7 Å². The Kier molecular flexibility index (Phi) is 8.78. The summed E-state index contributed by atoms with van der Waals surface area (Å²) < 4.78 is 11.2. The van der Waals surface area contributed by atoms with E-state index in [9.17, 15) is 14.4 Å². The molecule has 2 aliphatic carbocycles. The Morgan fingerprint density at radius 2 is 1.83 bits per heavy atom. The summed E-state index contributed by atoms with van der Waals surface area (Å²) >= 11 is 0. The van der Waals surface area contributed by atoms with Crippen LogP contribution in [0.25, 0.3) is 0 Å². The number of hydrogen-bond acceptors (Lipinski definition) is 5. The van der Waals surface area contributed by atoms with Crippen LogP contribution in [0.4, 0.5) is 0 Å². The van der Waals surface area contributed by atoms with Crippen LogP contribution in [0.15, 0.2) is 30.3 Å². The SMILES string of the molecule is NC(=O)[C@]1(NC(=O)[C@@H](CC(=O)N2CCOCC2)CC2CCCCC2)CC1COCc1ccccc1. The number of benzene rings is 1. The molecule has 1 saturated heterocycles. The Bertz CT molecular complexity index is 867. The fourth-order valence-corrected chi connectivity index (χ4v) is 5.52. The Hall–Kier alpha value is -2.45. The lowest BCUT2D eigenvalue weighted by atomic mass is 9.81. The van der Waals surface area contributed by atoms with Gasteiger partial charge in [0.05, 0.1) is 26.4 Å². The lowest BCUT2D eigenvalue weighted by Gasteiger charge is -2.31. The zero-order valence-electron chi connectivity index (χ0n) is 20.6. The van der Waals surface area contributed by atoms with E-state index in [0.717, 1.165) is 18.4 Å². The van der Waals surface area contributed by atoms with Crippen LogP contribution >= 0.6 is 0 Å². The van der Waals surface area contributed by atoms with E-state index >= 15 is 0 Å². The monoisotopic (exact) mass is 485 g/mol. The van der Waals surface area contributed by atoms with Gasteiger partial charge in [0.25, 0.3) is 0 Å². The molecule has 3 aliphatic rings. The molecule has 3 amide bonds. The van der Waals surface area contributed by atoms with Crippen LogP contribution in [0, 0.1) is 17.8 Å². The first kappa shape index (κ1) is 25.6. The van der Waals surface area contributed by atoms with Crippen molar-refractivity contribution in [1.82, 2.24) is 10.2 Å². The zero-order chi connectivity index (χ0) is 24.7. The summed E-state index contributed by atoms with van der Waals surface area (Å²) in [6, 6.07) is 9.82. The largest absolute Gasteiger partial charge is 0.378 e. The number of nitrogens with one attached hydrogen (secondary N) is 1. The van der Waals surface area contributed by atoms with Crippen LogP contribution in [0.1, 0.15) is 56.9 Å². The molecule has 0 radical (unpaired) electrons. The zero-order valence-corrected chi connectivity index (χ0v) is 20.6. The minimum Gasteiger partial charge on any atom is -0.378 e. The van der Waals surface area contributed by atoms with E-state index in [-0.39, 0.29) is 24.2 Å². The number of nitrogens with zero attached hydrogens (tertiary/aromatic N) is 1. The summed E-state index contributed by atoms with van der Waals surface area (Å²) in [6.45, 7) is 2.96. The van der Waals surface area contributed by atoms with Gasteiger partial charge in [-0.2, -0.15) is 0 Å². The maximum Gasteiger partial charge on any atom is 0.243 e. The van der Waals surface area contributed by atoms with E-state index < -0.39 is 17.4 Å². The van der Waals surface area contributed by atoms with Crippen LogP contribution in [-0.4, -0.2) is 61.1 Å². The third-order valence-corrected chi connectivity index (χ3v) is 7.82. The second-order valence-corrected chi connectivity index (χ2v) is 10.4. The third kappa shape index (κ3) is 6.82. The minimum atomic E-state index is -1.08. The molecule has 4 rings (SSSR count). The number of rotatable bonds is 11. The molecular weight excluding hydrogens is 446 g/mol. The van der Waals surface area contributed by atoms with E-state index in [2.05, 4.69) is 5.32 Å². The molecule has 3 atom stereocenters. The van der Waals surface area contributed by atoms with Crippen molar-refractivity contribution in [2.75, 3.05) is 32.9 Å². The van der Waals surface area contributed by atoms with Gasteiger partial charge in [-0.1, -0.05) is 62.4 Å². The molecule has 8 heteroatoms. The molecule has 0 aromatic heterocycles. The highest BCUT2D eigenvalue weighted by atomic mass is 16.5. The average Bonchev–Trinajstić information content (AvgIpc) is 3.59. The van der Waals surface area contributed by atoms with E-state index in [4.69, 9.17) is 15.2 Å². The first-order valence-electron chi connectivity index (χ1n) is 13.1. The Morgan fingerprint density at radius 3 is 2.51 bits per heavy atom. The fourth-order valence-electron chi connectivity index (χ4n) is 5.52. The quantitative estimate of drug-likeness (QED) is 0.500. The molecule has 1 aromatic carbocycles. The highest BCUT2D eigenvalue weighted by molar-refractivity contribution is 5.95. The Balaban J connectivity index is 1.36. The summed E-state index contributed by atoms with van der Waals surface area (Å²) in [6.07, 6.45) is 7.05. The van der Waals surface area contributed by atoms with Crippen molar-refractivity contribution in [2.24, 2.45) is 23.5 Å². The lowest BCUT2D eigenvalue weighted by Crippen LogP contribution is -2.51. The minimum absolute atomic E-state index is 0.0177. The number of amides is 3. The second-order valence-electron chi connectivity index (χ2n) is 10.4. The molecule has 3 fully saturated rings. The van der Waals surface area contributed by atoms with Gasteiger partial charge in [0.1, 0.15) is 5.54 Å². The Morgan fingerprint density at radius 1 is 1.11 bits per heavy atom. The van der Waals surface area contributed by atoms with Crippen molar-refractivity contribution in [3.05, 3.63) is 35.9 Å². The lowest BCUT2D eigenvalue weighted by molar-refractivity contribution is -0.140. The molecule has 0 bridgehead atoms. The van der Waals surface area contributed by atoms with E-state index in [1.54, 1.807) is 4.90 Å². The Labute approximate surface area is 207 Å². The van der Waals surface area contributed by atoms with Gasteiger partial charge in [0.15, 0.2) is 0 Å².